The lowest BCUT2D eigenvalue weighted by atomic mass is 10.1. The molecule has 28 heavy (non-hydrogen) atoms. The topological polar surface area (TPSA) is 83.1 Å². The molecule has 0 unspecified atom stereocenters. The number of methoxy groups -OCH3 is 3. The molecule has 0 saturated heterocycles. The third kappa shape index (κ3) is 5.16. The molecule has 1 amide bonds. The average molecular weight is 387 g/mol. The lowest BCUT2D eigenvalue weighted by Gasteiger charge is -2.15. The maximum Gasteiger partial charge on any atom is 0.342 e. The molecule has 0 spiro atoms. The summed E-state index contributed by atoms with van der Waals surface area (Å²) in [7, 11) is 4.57. The fourth-order valence-corrected chi connectivity index (χ4v) is 2.58. The Bertz CT molecular complexity index is 849. The summed E-state index contributed by atoms with van der Waals surface area (Å²) in [6.07, 6.45) is -0.960. The molecule has 1 N–H and O–H groups in total. The Morgan fingerprint density at radius 2 is 1.57 bits per heavy atom. The summed E-state index contributed by atoms with van der Waals surface area (Å²) in [5, 5.41) is 2.74. The van der Waals surface area contributed by atoms with Crippen molar-refractivity contribution in [1.82, 2.24) is 5.32 Å². The highest BCUT2D eigenvalue weighted by molar-refractivity contribution is 5.94. The van der Waals surface area contributed by atoms with E-state index in [2.05, 4.69) is 5.32 Å². The summed E-state index contributed by atoms with van der Waals surface area (Å²) < 4.78 is 20.9. The van der Waals surface area contributed by atoms with Crippen LogP contribution in [0.25, 0.3) is 0 Å². The molecule has 2 aromatic rings. The first-order valence-electron chi connectivity index (χ1n) is 8.73. The Morgan fingerprint density at radius 3 is 2.21 bits per heavy atom. The van der Waals surface area contributed by atoms with Crippen LogP contribution in [-0.4, -0.2) is 39.3 Å². The first-order valence-corrected chi connectivity index (χ1v) is 8.73. The molecule has 0 aliphatic carbocycles. The van der Waals surface area contributed by atoms with Crippen LogP contribution in [0.1, 0.15) is 28.4 Å². The summed E-state index contributed by atoms with van der Waals surface area (Å²) in [5.41, 5.74) is 1.99. The predicted molar refractivity (Wildman–Crippen MR) is 104 cm³/mol. The van der Waals surface area contributed by atoms with Crippen LogP contribution in [0.2, 0.25) is 0 Å². The van der Waals surface area contributed by atoms with Crippen molar-refractivity contribution in [2.24, 2.45) is 0 Å². The summed E-state index contributed by atoms with van der Waals surface area (Å²) in [6, 6.07) is 10.5. The van der Waals surface area contributed by atoms with Gasteiger partial charge in [0.2, 0.25) is 0 Å². The van der Waals surface area contributed by atoms with Gasteiger partial charge in [0.05, 0.1) is 21.3 Å². The minimum Gasteiger partial charge on any atom is -0.496 e. The Morgan fingerprint density at radius 1 is 0.929 bits per heavy atom. The average Bonchev–Trinajstić information content (AvgIpc) is 2.71. The van der Waals surface area contributed by atoms with Crippen LogP contribution >= 0.6 is 0 Å². The van der Waals surface area contributed by atoms with Crippen molar-refractivity contribution in [3.63, 3.8) is 0 Å². The van der Waals surface area contributed by atoms with Crippen LogP contribution in [0.15, 0.2) is 36.4 Å². The van der Waals surface area contributed by atoms with Crippen molar-refractivity contribution >= 4 is 11.9 Å². The van der Waals surface area contributed by atoms with Crippen LogP contribution in [0.4, 0.5) is 0 Å². The van der Waals surface area contributed by atoms with Crippen molar-refractivity contribution in [2.45, 2.75) is 26.5 Å². The molecule has 2 rings (SSSR count). The number of aryl methyl sites for hydroxylation is 1. The standard InChI is InChI=1S/C21H25NO6/c1-13-6-8-17(25-3)16(10-13)21(24)28-14(2)20(23)22-12-15-7-9-18(26-4)19(11-15)27-5/h6-11,14H,12H2,1-5H3,(H,22,23)/t14-/m1/s1. The fraction of sp³-hybridized carbons (Fsp3) is 0.333. The molecule has 150 valence electrons. The van der Waals surface area contributed by atoms with Gasteiger partial charge in [-0.1, -0.05) is 17.7 Å². The molecule has 0 aliphatic heterocycles. The number of carbonyl (C=O) groups excluding carboxylic acids is 2. The van der Waals surface area contributed by atoms with E-state index in [9.17, 15) is 9.59 Å². The number of benzene rings is 2. The van der Waals surface area contributed by atoms with Gasteiger partial charge in [-0.15, -0.1) is 0 Å². The second-order valence-electron chi connectivity index (χ2n) is 6.16. The fourth-order valence-electron chi connectivity index (χ4n) is 2.58. The van der Waals surface area contributed by atoms with Crippen molar-refractivity contribution < 1.29 is 28.5 Å². The van der Waals surface area contributed by atoms with Crippen LogP contribution in [-0.2, 0) is 16.1 Å². The summed E-state index contributed by atoms with van der Waals surface area (Å²) >= 11 is 0. The van der Waals surface area contributed by atoms with Gasteiger partial charge in [-0.3, -0.25) is 4.79 Å². The number of nitrogens with one attached hydrogen (secondary N) is 1. The van der Waals surface area contributed by atoms with E-state index in [1.54, 1.807) is 38.5 Å². The van der Waals surface area contributed by atoms with Crippen LogP contribution < -0.4 is 19.5 Å². The second kappa shape index (κ2) is 9.64. The van der Waals surface area contributed by atoms with Gasteiger partial charge in [0.1, 0.15) is 11.3 Å². The van der Waals surface area contributed by atoms with E-state index in [-0.39, 0.29) is 12.1 Å². The number of amides is 1. The van der Waals surface area contributed by atoms with Gasteiger partial charge < -0.3 is 24.3 Å². The van der Waals surface area contributed by atoms with Gasteiger partial charge in [0.25, 0.3) is 5.91 Å². The van der Waals surface area contributed by atoms with Crippen LogP contribution in [0.3, 0.4) is 0 Å². The van der Waals surface area contributed by atoms with E-state index in [0.29, 0.717) is 17.2 Å². The lowest BCUT2D eigenvalue weighted by molar-refractivity contribution is -0.129. The number of rotatable bonds is 8. The van der Waals surface area contributed by atoms with E-state index in [4.69, 9.17) is 18.9 Å². The molecule has 7 nitrogen and oxygen atoms in total. The van der Waals surface area contributed by atoms with Gasteiger partial charge in [0, 0.05) is 6.54 Å². The van der Waals surface area contributed by atoms with E-state index in [1.807, 2.05) is 19.1 Å². The van der Waals surface area contributed by atoms with Crippen LogP contribution in [0.5, 0.6) is 17.2 Å². The Hall–Kier alpha value is -3.22. The Labute approximate surface area is 164 Å². The number of ether oxygens (including phenoxy) is 4. The van der Waals surface area contributed by atoms with Crippen molar-refractivity contribution in [1.29, 1.82) is 0 Å². The van der Waals surface area contributed by atoms with Crippen LogP contribution in [0, 0.1) is 6.92 Å². The Kier molecular flexibility index (Phi) is 7.26. The lowest BCUT2D eigenvalue weighted by Crippen LogP contribution is -2.35. The van der Waals surface area contributed by atoms with Gasteiger partial charge in [-0.25, -0.2) is 4.79 Å². The first kappa shape index (κ1) is 21.1. The minimum atomic E-state index is -0.960. The Balaban J connectivity index is 1.98. The predicted octanol–water partition coefficient (Wildman–Crippen LogP) is 2.88. The van der Waals surface area contributed by atoms with Gasteiger partial charge in [0.15, 0.2) is 17.6 Å². The first-order chi connectivity index (χ1) is 13.4. The molecule has 7 heteroatoms. The van der Waals surface area contributed by atoms with E-state index in [1.165, 1.54) is 14.0 Å². The molecule has 0 aliphatic rings. The number of hydrogen-bond donors (Lipinski definition) is 1. The zero-order valence-electron chi connectivity index (χ0n) is 16.7. The van der Waals surface area contributed by atoms with Crippen molar-refractivity contribution in [3.05, 3.63) is 53.1 Å². The van der Waals surface area contributed by atoms with E-state index < -0.39 is 18.0 Å². The summed E-state index contributed by atoms with van der Waals surface area (Å²) in [6.45, 7) is 3.63. The molecule has 0 aromatic heterocycles. The monoisotopic (exact) mass is 387 g/mol. The highest BCUT2D eigenvalue weighted by Crippen LogP contribution is 2.27. The summed E-state index contributed by atoms with van der Waals surface area (Å²) in [4.78, 5) is 24.7. The van der Waals surface area contributed by atoms with Gasteiger partial charge in [-0.05, 0) is 43.7 Å². The maximum absolute atomic E-state index is 12.4. The van der Waals surface area contributed by atoms with Crippen molar-refractivity contribution in [3.8, 4) is 17.2 Å². The molecule has 2 aromatic carbocycles. The minimum absolute atomic E-state index is 0.259. The maximum atomic E-state index is 12.4. The zero-order valence-corrected chi connectivity index (χ0v) is 16.7. The molecule has 0 radical (unpaired) electrons. The normalized spacial score (nSPS) is 11.3. The molecule has 0 fully saturated rings. The van der Waals surface area contributed by atoms with E-state index >= 15 is 0 Å². The highest BCUT2D eigenvalue weighted by Gasteiger charge is 2.21. The second-order valence-corrected chi connectivity index (χ2v) is 6.16. The molecule has 0 heterocycles. The SMILES string of the molecule is COc1ccc(CNC(=O)[C@@H](C)OC(=O)c2cc(C)ccc2OC)cc1OC. The molecular weight excluding hydrogens is 362 g/mol. The molecule has 0 bridgehead atoms. The smallest absolute Gasteiger partial charge is 0.342 e. The molecule has 0 saturated carbocycles. The number of carbonyl (C=O) groups is 2. The summed E-state index contributed by atoms with van der Waals surface area (Å²) in [5.74, 6) is 0.546. The quantitative estimate of drug-likeness (QED) is 0.702. The third-order valence-electron chi connectivity index (χ3n) is 4.14. The highest BCUT2D eigenvalue weighted by atomic mass is 16.5. The molecule has 1 atom stereocenters. The van der Waals surface area contributed by atoms with Gasteiger partial charge >= 0.3 is 5.97 Å². The largest absolute Gasteiger partial charge is 0.496 e. The number of esters is 1. The number of hydrogen-bond acceptors (Lipinski definition) is 6. The van der Waals surface area contributed by atoms with Gasteiger partial charge in [-0.2, -0.15) is 0 Å². The third-order valence-corrected chi connectivity index (χ3v) is 4.14. The zero-order chi connectivity index (χ0) is 20.7. The molecular formula is C21H25NO6. The van der Waals surface area contributed by atoms with Crippen molar-refractivity contribution in [2.75, 3.05) is 21.3 Å². The van der Waals surface area contributed by atoms with E-state index in [0.717, 1.165) is 11.1 Å².